The van der Waals surface area contributed by atoms with Gasteiger partial charge in [0.2, 0.25) is 0 Å². The molecule has 0 saturated carbocycles. The van der Waals surface area contributed by atoms with Crippen molar-refractivity contribution in [3.05, 3.63) is 89.5 Å². The molecule has 6 nitrogen and oxygen atoms in total. The number of hydrogen-bond acceptors (Lipinski definition) is 4. The number of anilines is 3. The van der Waals surface area contributed by atoms with Crippen molar-refractivity contribution in [2.45, 2.75) is 19.4 Å². The Hall–Kier alpha value is -3.80. The predicted molar refractivity (Wildman–Crippen MR) is 134 cm³/mol. The zero-order valence-corrected chi connectivity index (χ0v) is 19.3. The Morgan fingerprint density at radius 2 is 1.64 bits per heavy atom. The first kappa shape index (κ1) is 22.4. The Morgan fingerprint density at radius 3 is 2.33 bits per heavy atom. The topological polar surface area (TPSA) is 64.7 Å². The minimum absolute atomic E-state index is 0.0824. The average Bonchev–Trinajstić information content (AvgIpc) is 3.25. The van der Waals surface area contributed by atoms with E-state index in [1.54, 1.807) is 12.1 Å². The van der Waals surface area contributed by atoms with Crippen molar-refractivity contribution in [1.82, 2.24) is 5.32 Å². The number of benzene rings is 3. The summed E-state index contributed by atoms with van der Waals surface area (Å²) in [6.45, 7) is 3.17. The van der Waals surface area contributed by atoms with Crippen LogP contribution in [0.4, 0.5) is 17.1 Å². The summed E-state index contributed by atoms with van der Waals surface area (Å²) in [6, 6.07) is 24.0. The van der Waals surface area contributed by atoms with E-state index in [9.17, 15) is 9.59 Å². The van der Waals surface area contributed by atoms with Crippen molar-refractivity contribution in [3.63, 3.8) is 0 Å². The van der Waals surface area contributed by atoms with Crippen molar-refractivity contribution in [2.75, 3.05) is 42.3 Å². The van der Waals surface area contributed by atoms with E-state index >= 15 is 0 Å². The lowest BCUT2D eigenvalue weighted by atomic mass is 10.0. The summed E-state index contributed by atoms with van der Waals surface area (Å²) in [5.41, 5.74) is 6.38. The number of fused-ring (bicyclic) bond motifs is 1. The van der Waals surface area contributed by atoms with Crippen LogP contribution < -0.4 is 20.4 Å². The number of carbonyl (C=O) groups excluding carboxylic acids is 2. The third-order valence-corrected chi connectivity index (χ3v) is 6.07. The maximum absolute atomic E-state index is 12.6. The van der Waals surface area contributed by atoms with E-state index in [-0.39, 0.29) is 6.04 Å². The van der Waals surface area contributed by atoms with Gasteiger partial charge in [-0.15, -0.1) is 0 Å². The summed E-state index contributed by atoms with van der Waals surface area (Å²) in [4.78, 5) is 29.4. The van der Waals surface area contributed by atoms with Crippen molar-refractivity contribution < 1.29 is 9.59 Å². The molecule has 1 aliphatic rings. The molecule has 0 fully saturated rings. The Morgan fingerprint density at radius 1 is 0.939 bits per heavy atom. The highest BCUT2D eigenvalue weighted by Gasteiger charge is 2.28. The fourth-order valence-electron chi connectivity index (χ4n) is 4.18. The van der Waals surface area contributed by atoms with E-state index in [1.807, 2.05) is 39.2 Å². The van der Waals surface area contributed by atoms with Gasteiger partial charge in [0.25, 0.3) is 0 Å². The normalized spacial score (nSPS) is 13.2. The highest BCUT2D eigenvalue weighted by atomic mass is 16.2. The van der Waals surface area contributed by atoms with Gasteiger partial charge < -0.3 is 20.4 Å². The first-order valence-corrected chi connectivity index (χ1v) is 11.2. The van der Waals surface area contributed by atoms with Gasteiger partial charge in [0.15, 0.2) is 0 Å². The SMILES string of the molecule is Cc1ccc(NC(=O)C(=O)NCC(c2ccc(N(C)C)cc2)N2CCc3ccccc32)cc1. The summed E-state index contributed by atoms with van der Waals surface area (Å²) in [6.07, 6.45) is 0.963. The van der Waals surface area contributed by atoms with E-state index < -0.39 is 11.8 Å². The molecular weight excluding hydrogens is 412 g/mol. The van der Waals surface area contributed by atoms with Crippen LogP contribution in [0.15, 0.2) is 72.8 Å². The van der Waals surface area contributed by atoms with Crippen LogP contribution in [0, 0.1) is 6.92 Å². The lowest BCUT2D eigenvalue weighted by Crippen LogP contribution is -2.41. The molecule has 1 atom stereocenters. The summed E-state index contributed by atoms with van der Waals surface area (Å²) < 4.78 is 0. The minimum atomic E-state index is -0.664. The van der Waals surface area contributed by atoms with Gasteiger partial charge in [0, 0.05) is 44.2 Å². The van der Waals surface area contributed by atoms with Crippen molar-refractivity contribution in [2.24, 2.45) is 0 Å². The number of amides is 2. The molecule has 1 unspecified atom stereocenters. The van der Waals surface area contributed by atoms with E-state index in [2.05, 4.69) is 62.9 Å². The molecule has 6 heteroatoms. The highest BCUT2D eigenvalue weighted by Crippen LogP contribution is 2.35. The zero-order chi connectivity index (χ0) is 23.4. The van der Waals surface area contributed by atoms with Crippen molar-refractivity contribution in [1.29, 1.82) is 0 Å². The fourth-order valence-corrected chi connectivity index (χ4v) is 4.18. The van der Waals surface area contributed by atoms with E-state index in [4.69, 9.17) is 0 Å². The molecule has 0 bridgehead atoms. The smallest absolute Gasteiger partial charge is 0.313 e. The number of hydrogen-bond donors (Lipinski definition) is 2. The Bertz CT molecular complexity index is 1120. The van der Waals surface area contributed by atoms with Crippen LogP contribution in [0.1, 0.15) is 22.7 Å². The van der Waals surface area contributed by atoms with Gasteiger partial charge in [-0.25, -0.2) is 0 Å². The molecular formula is C27H30N4O2. The number of para-hydroxylation sites is 1. The maximum atomic E-state index is 12.6. The van der Waals surface area contributed by atoms with Crippen LogP contribution in [0.5, 0.6) is 0 Å². The Labute approximate surface area is 195 Å². The highest BCUT2D eigenvalue weighted by molar-refractivity contribution is 6.39. The first-order valence-electron chi connectivity index (χ1n) is 11.2. The summed E-state index contributed by atoms with van der Waals surface area (Å²) in [7, 11) is 4.02. The molecule has 3 aromatic rings. The van der Waals surface area contributed by atoms with E-state index in [1.165, 1.54) is 11.3 Å². The summed E-state index contributed by atoms with van der Waals surface area (Å²) in [5.74, 6) is -1.31. The molecule has 1 aliphatic heterocycles. The lowest BCUT2D eigenvalue weighted by molar-refractivity contribution is -0.136. The third kappa shape index (κ3) is 5.17. The van der Waals surface area contributed by atoms with Crippen LogP contribution in [-0.4, -0.2) is 39.0 Å². The van der Waals surface area contributed by atoms with Crippen molar-refractivity contribution >= 4 is 28.9 Å². The van der Waals surface area contributed by atoms with Crippen LogP contribution in [0.2, 0.25) is 0 Å². The van der Waals surface area contributed by atoms with Crippen LogP contribution in [0.3, 0.4) is 0 Å². The molecule has 0 saturated heterocycles. The largest absolute Gasteiger partial charge is 0.378 e. The van der Waals surface area contributed by atoms with Gasteiger partial charge >= 0.3 is 11.8 Å². The number of nitrogens with zero attached hydrogens (tertiary/aromatic N) is 2. The van der Waals surface area contributed by atoms with Crippen LogP contribution in [-0.2, 0) is 16.0 Å². The molecule has 0 aromatic heterocycles. The summed E-state index contributed by atoms with van der Waals surface area (Å²) >= 11 is 0. The number of carbonyl (C=O) groups is 2. The molecule has 0 aliphatic carbocycles. The molecule has 1 heterocycles. The van der Waals surface area contributed by atoms with Gasteiger partial charge in [0.1, 0.15) is 0 Å². The van der Waals surface area contributed by atoms with Gasteiger partial charge in [0.05, 0.1) is 6.04 Å². The maximum Gasteiger partial charge on any atom is 0.313 e. The molecule has 33 heavy (non-hydrogen) atoms. The second-order valence-corrected chi connectivity index (χ2v) is 8.60. The molecule has 0 radical (unpaired) electrons. The van der Waals surface area contributed by atoms with Crippen molar-refractivity contribution in [3.8, 4) is 0 Å². The minimum Gasteiger partial charge on any atom is -0.378 e. The molecule has 4 rings (SSSR count). The number of nitrogens with one attached hydrogen (secondary N) is 2. The Kier molecular flexibility index (Phi) is 6.63. The van der Waals surface area contributed by atoms with Gasteiger partial charge in [-0.1, -0.05) is 48.0 Å². The first-order chi connectivity index (χ1) is 15.9. The standard InChI is InChI=1S/C27H30N4O2/c1-19-8-12-22(13-9-19)29-27(33)26(32)28-18-25(21-10-14-23(15-11-21)30(2)3)31-17-16-20-6-4-5-7-24(20)31/h4-15,25H,16-18H2,1-3H3,(H,28,32)(H,29,33). The van der Waals surface area contributed by atoms with Gasteiger partial charge in [-0.2, -0.15) is 0 Å². The molecule has 2 amide bonds. The quantitative estimate of drug-likeness (QED) is 0.568. The molecule has 3 aromatic carbocycles. The number of aryl methyl sites for hydroxylation is 1. The second-order valence-electron chi connectivity index (χ2n) is 8.60. The van der Waals surface area contributed by atoms with E-state index in [0.717, 1.165) is 29.8 Å². The second kappa shape index (κ2) is 9.77. The van der Waals surface area contributed by atoms with Crippen LogP contribution >= 0.6 is 0 Å². The van der Waals surface area contributed by atoms with Gasteiger partial charge in [-0.05, 0) is 54.8 Å². The third-order valence-electron chi connectivity index (χ3n) is 6.07. The average molecular weight is 443 g/mol. The van der Waals surface area contributed by atoms with Crippen LogP contribution in [0.25, 0.3) is 0 Å². The lowest BCUT2D eigenvalue weighted by Gasteiger charge is -2.31. The summed E-state index contributed by atoms with van der Waals surface area (Å²) in [5, 5.41) is 5.52. The zero-order valence-electron chi connectivity index (χ0n) is 19.3. The molecule has 2 N–H and O–H groups in total. The Balaban J connectivity index is 1.50. The number of rotatable bonds is 6. The monoisotopic (exact) mass is 442 g/mol. The van der Waals surface area contributed by atoms with Gasteiger partial charge in [-0.3, -0.25) is 9.59 Å². The predicted octanol–water partition coefficient (Wildman–Crippen LogP) is 3.92. The van der Waals surface area contributed by atoms with E-state index in [0.29, 0.717) is 12.2 Å². The molecule has 170 valence electrons. The fraction of sp³-hybridized carbons (Fsp3) is 0.259. The molecule has 0 spiro atoms.